The predicted molar refractivity (Wildman–Crippen MR) is 134 cm³/mol. The number of aryl methyl sites for hydroxylation is 1. The Labute approximate surface area is 206 Å². The third-order valence-corrected chi connectivity index (χ3v) is 5.16. The topological polar surface area (TPSA) is 86.2 Å². The summed E-state index contributed by atoms with van der Waals surface area (Å²) in [5.74, 6) is 0.637. The van der Waals surface area contributed by atoms with Gasteiger partial charge in [0.2, 0.25) is 0 Å². The summed E-state index contributed by atoms with van der Waals surface area (Å²) in [6.07, 6.45) is 2.34. The van der Waals surface area contributed by atoms with Gasteiger partial charge in [-0.3, -0.25) is 4.79 Å². The first-order valence-electron chi connectivity index (χ1n) is 10.8. The molecule has 0 aliphatic rings. The van der Waals surface area contributed by atoms with Gasteiger partial charge in [0.25, 0.3) is 5.91 Å². The van der Waals surface area contributed by atoms with Gasteiger partial charge >= 0.3 is 5.97 Å². The predicted octanol–water partition coefficient (Wildman–Crippen LogP) is 5.16. The number of esters is 1. The Morgan fingerprint density at radius 2 is 1.62 bits per heavy atom. The fourth-order valence-corrected chi connectivity index (χ4v) is 3.28. The lowest BCUT2D eigenvalue weighted by molar-refractivity contribution is -0.123. The highest BCUT2D eigenvalue weighted by Gasteiger charge is 2.12. The zero-order chi connectivity index (χ0) is 24.3. The summed E-state index contributed by atoms with van der Waals surface area (Å²) in [5.41, 5.74) is 4.48. The van der Waals surface area contributed by atoms with Crippen LogP contribution in [0.4, 0.5) is 0 Å². The molecule has 34 heavy (non-hydrogen) atoms. The lowest BCUT2D eigenvalue weighted by Crippen LogP contribution is -2.24. The Balaban J connectivity index is 1.59. The van der Waals surface area contributed by atoms with Gasteiger partial charge in [-0.2, -0.15) is 5.10 Å². The lowest BCUT2D eigenvalue weighted by Gasteiger charge is -2.09. The van der Waals surface area contributed by atoms with Crippen LogP contribution < -0.4 is 19.6 Å². The Hall–Kier alpha value is -3.65. The van der Waals surface area contributed by atoms with Crippen LogP contribution in [0.1, 0.15) is 35.3 Å². The van der Waals surface area contributed by atoms with Crippen LogP contribution in [0, 0.1) is 0 Å². The van der Waals surface area contributed by atoms with Crippen molar-refractivity contribution in [1.29, 1.82) is 0 Å². The highest BCUT2D eigenvalue weighted by Crippen LogP contribution is 2.23. The minimum absolute atomic E-state index is 0.180. The molecule has 0 spiro atoms. The minimum atomic E-state index is -0.522. The van der Waals surface area contributed by atoms with E-state index >= 15 is 0 Å². The molecule has 0 radical (unpaired) electrons. The van der Waals surface area contributed by atoms with Crippen LogP contribution in [0.2, 0.25) is 0 Å². The van der Waals surface area contributed by atoms with Gasteiger partial charge in [-0.05, 0) is 73.5 Å². The highest BCUT2D eigenvalue weighted by molar-refractivity contribution is 9.10. The summed E-state index contributed by atoms with van der Waals surface area (Å²) in [6, 6.07) is 19.3. The van der Waals surface area contributed by atoms with Gasteiger partial charge < -0.3 is 14.2 Å². The smallest absolute Gasteiger partial charge is 0.343 e. The van der Waals surface area contributed by atoms with E-state index in [1.165, 1.54) is 11.8 Å². The van der Waals surface area contributed by atoms with E-state index < -0.39 is 11.9 Å². The molecule has 0 heterocycles. The normalized spacial score (nSPS) is 10.7. The second kappa shape index (κ2) is 12.6. The summed E-state index contributed by atoms with van der Waals surface area (Å²) >= 11 is 3.39. The molecule has 1 amide bonds. The molecule has 3 aromatic carbocycles. The third kappa shape index (κ3) is 7.45. The molecule has 0 saturated carbocycles. The number of carbonyl (C=O) groups is 2. The van der Waals surface area contributed by atoms with Crippen molar-refractivity contribution in [1.82, 2.24) is 5.43 Å². The zero-order valence-electron chi connectivity index (χ0n) is 18.9. The molecule has 176 valence electrons. The molecular weight excluding hydrogens is 500 g/mol. The van der Waals surface area contributed by atoms with E-state index in [1.54, 1.807) is 42.5 Å². The molecule has 3 aromatic rings. The number of hydrogen-bond acceptors (Lipinski definition) is 6. The van der Waals surface area contributed by atoms with Gasteiger partial charge in [0, 0.05) is 10.0 Å². The molecule has 0 bridgehead atoms. The van der Waals surface area contributed by atoms with Gasteiger partial charge in [-0.25, -0.2) is 10.2 Å². The number of hydrazone groups is 1. The van der Waals surface area contributed by atoms with Crippen LogP contribution in [0.5, 0.6) is 17.2 Å². The van der Waals surface area contributed by atoms with Crippen molar-refractivity contribution in [2.45, 2.75) is 20.3 Å². The van der Waals surface area contributed by atoms with Crippen molar-refractivity contribution in [2.75, 3.05) is 13.2 Å². The van der Waals surface area contributed by atoms with Crippen molar-refractivity contribution in [2.24, 2.45) is 5.10 Å². The van der Waals surface area contributed by atoms with Gasteiger partial charge in [-0.1, -0.05) is 35.0 Å². The summed E-state index contributed by atoms with van der Waals surface area (Å²) in [5, 5.41) is 3.96. The number of ether oxygens (including phenoxy) is 3. The number of rotatable bonds is 10. The second-order valence-electron chi connectivity index (χ2n) is 7.11. The first kappa shape index (κ1) is 25.0. The highest BCUT2D eigenvalue weighted by atomic mass is 79.9. The lowest BCUT2D eigenvalue weighted by atomic mass is 10.2. The molecule has 8 heteroatoms. The molecule has 0 aliphatic carbocycles. The zero-order valence-corrected chi connectivity index (χ0v) is 20.5. The Kier molecular flexibility index (Phi) is 9.22. The number of halogens is 1. The van der Waals surface area contributed by atoms with Gasteiger partial charge in [0.1, 0.15) is 17.2 Å². The molecule has 1 N–H and O–H groups in total. The third-order valence-electron chi connectivity index (χ3n) is 4.67. The van der Waals surface area contributed by atoms with Crippen molar-refractivity contribution in [3.63, 3.8) is 0 Å². The molecule has 7 nitrogen and oxygen atoms in total. The molecule has 0 atom stereocenters. The van der Waals surface area contributed by atoms with Crippen LogP contribution in [0.15, 0.2) is 76.3 Å². The number of nitrogens with one attached hydrogen (secondary N) is 1. The molecule has 0 unspecified atom stereocenters. The van der Waals surface area contributed by atoms with E-state index in [4.69, 9.17) is 14.2 Å². The summed E-state index contributed by atoms with van der Waals surface area (Å²) in [4.78, 5) is 24.6. The van der Waals surface area contributed by atoms with E-state index in [1.807, 2.05) is 31.2 Å². The molecule has 0 fully saturated rings. The van der Waals surface area contributed by atoms with E-state index in [0.29, 0.717) is 35.0 Å². The van der Waals surface area contributed by atoms with Crippen LogP contribution in [-0.4, -0.2) is 31.3 Å². The van der Waals surface area contributed by atoms with E-state index in [-0.39, 0.29) is 6.61 Å². The van der Waals surface area contributed by atoms with E-state index in [0.717, 1.165) is 10.9 Å². The fourth-order valence-electron chi connectivity index (χ4n) is 2.90. The standard InChI is InChI=1S/C26H25BrN2O5/c1-3-18-5-10-23(11-6-18)33-17-25(30)29-28-16-20-15-21(27)9-14-24(20)34-26(31)19-7-12-22(13-8-19)32-4-2/h5-16H,3-4,17H2,1-2H3,(H,29,30)/b28-16+. The van der Waals surface area contributed by atoms with Crippen molar-refractivity contribution < 1.29 is 23.8 Å². The Morgan fingerprint density at radius 3 is 2.29 bits per heavy atom. The number of carbonyl (C=O) groups excluding carboxylic acids is 2. The van der Waals surface area contributed by atoms with Crippen molar-refractivity contribution in [3.8, 4) is 17.2 Å². The quantitative estimate of drug-likeness (QED) is 0.171. The van der Waals surface area contributed by atoms with Crippen LogP contribution >= 0.6 is 15.9 Å². The van der Waals surface area contributed by atoms with Gasteiger partial charge in [0.05, 0.1) is 18.4 Å². The number of benzene rings is 3. The number of hydrogen-bond donors (Lipinski definition) is 1. The Bertz CT molecular complexity index is 1140. The average Bonchev–Trinajstić information content (AvgIpc) is 2.85. The number of nitrogens with zero attached hydrogens (tertiary/aromatic N) is 1. The molecule has 0 aliphatic heterocycles. The Morgan fingerprint density at radius 1 is 0.941 bits per heavy atom. The van der Waals surface area contributed by atoms with E-state index in [9.17, 15) is 9.59 Å². The van der Waals surface area contributed by atoms with Crippen molar-refractivity contribution in [3.05, 3.63) is 87.9 Å². The fraction of sp³-hybridized carbons (Fsp3) is 0.192. The first-order chi connectivity index (χ1) is 16.5. The van der Waals surface area contributed by atoms with Crippen LogP contribution in [0.25, 0.3) is 0 Å². The molecule has 3 rings (SSSR count). The maximum absolute atomic E-state index is 12.6. The van der Waals surface area contributed by atoms with Crippen molar-refractivity contribution >= 4 is 34.0 Å². The maximum atomic E-state index is 12.6. The first-order valence-corrected chi connectivity index (χ1v) is 11.6. The summed E-state index contributed by atoms with van der Waals surface area (Å²) in [6.45, 7) is 4.32. The monoisotopic (exact) mass is 524 g/mol. The SMILES string of the molecule is CCOc1ccc(C(=O)Oc2ccc(Br)cc2/C=N/NC(=O)COc2ccc(CC)cc2)cc1. The minimum Gasteiger partial charge on any atom is -0.494 e. The summed E-state index contributed by atoms with van der Waals surface area (Å²) in [7, 11) is 0. The molecule has 0 aromatic heterocycles. The molecular formula is C26H25BrN2O5. The van der Waals surface area contributed by atoms with Crippen LogP contribution in [-0.2, 0) is 11.2 Å². The average molecular weight is 525 g/mol. The summed E-state index contributed by atoms with van der Waals surface area (Å²) < 4.78 is 17.2. The molecule has 0 saturated heterocycles. The maximum Gasteiger partial charge on any atom is 0.343 e. The van der Waals surface area contributed by atoms with Gasteiger partial charge in [-0.15, -0.1) is 0 Å². The van der Waals surface area contributed by atoms with Crippen LogP contribution in [0.3, 0.4) is 0 Å². The second-order valence-corrected chi connectivity index (χ2v) is 8.02. The largest absolute Gasteiger partial charge is 0.494 e. The number of amides is 1. The van der Waals surface area contributed by atoms with Gasteiger partial charge in [0.15, 0.2) is 6.61 Å². The van der Waals surface area contributed by atoms with E-state index in [2.05, 4.69) is 33.4 Å².